The Morgan fingerprint density at radius 3 is 1.94 bits per heavy atom. The van der Waals surface area contributed by atoms with Gasteiger partial charge in [0, 0.05) is 6.16 Å². The summed E-state index contributed by atoms with van der Waals surface area (Å²) in [6, 6.07) is 22.9. The van der Waals surface area contributed by atoms with E-state index in [1.54, 1.807) is 0 Å². The number of hydrogen-bond acceptors (Lipinski definition) is 5. The number of hydrogen-bond donors (Lipinski definition) is 1. The van der Waals surface area contributed by atoms with E-state index in [4.69, 9.17) is 9.47 Å². The zero-order valence-electron chi connectivity index (χ0n) is 19.2. The fourth-order valence-electron chi connectivity index (χ4n) is 3.39. The fourth-order valence-corrected chi connectivity index (χ4v) is 5.17. The molecule has 0 saturated heterocycles. The lowest BCUT2D eigenvalue weighted by atomic mass is 10.0. The standard InChI is InChI=1S/C27H29O6P/c1-2-3-16-34(30,31)20-24-15-14-23(26(28)32-18-21-10-6-4-7-11-21)17-25(24)27(29)33-19-22-12-8-5-9-13-22/h4-15,17H,2-3,16,18-20H2,1H3,(H,30,31). The molecular weight excluding hydrogens is 451 g/mol. The second-order valence-electron chi connectivity index (χ2n) is 8.08. The minimum Gasteiger partial charge on any atom is -0.457 e. The number of rotatable bonds is 11. The maximum absolute atomic E-state index is 12.9. The maximum Gasteiger partial charge on any atom is 0.338 e. The Bertz CT molecular complexity index is 1140. The minimum absolute atomic E-state index is 0.0500. The molecule has 0 amide bonds. The second-order valence-corrected chi connectivity index (χ2v) is 10.5. The lowest BCUT2D eigenvalue weighted by Crippen LogP contribution is -2.12. The summed E-state index contributed by atoms with van der Waals surface area (Å²) in [6.07, 6.45) is 1.42. The Balaban J connectivity index is 1.80. The van der Waals surface area contributed by atoms with Gasteiger partial charge in [0.1, 0.15) is 13.2 Å². The van der Waals surface area contributed by atoms with Crippen LogP contribution in [-0.4, -0.2) is 23.0 Å². The molecule has 0 bridgehead atoms. The van der Waals surface area contributed by atoms with Crippen molar-refractivity contribution in [3.8, 4) is 0 Å². The van der Waals surface area contributed by atoms with E-state index in [1.165, 1.54) is 18.2 Å². The Hall–Kier alpha value is -3.21. The van der Waals surface area contributed by atoms with E-state index in [1.807, 2.05) is 67.6 Å². The number of esters is 2. The van der Waals surface area contributed by atoms with Gasteiger partial charge in [0.25, 0.3) is 0 Å². The summed E-state index contributed by atoms with van der Waals surface area (Å²) < 4.78 is 23.5. The molecule has 0 spiro atoms. The molecule has 3 aromatic rings. The van der Waals surface area contributed by atoms with Gasteiger partial charge in [0.15, 0.2) is 0 Å². The van der Waals surface area contributed by atoms with E-state index in [-0.39, 0.29) is 36.7 Å². The maximum atomic E-state index is 12.9. The molecule has 1 atom stereocenters. The van der Waals surface area contributed by atoms with Crippen LogP contribution in [0.3, 0.4) is 0 Å². The molecule has 0 heterocycles. The number of carbonyl (C=O) groups excluding carboxylic acids is 2. The van der Waals surface area contributed by atoms with Crippen LogP contribution in [-0.2, 0) is 33.4 Å². The zero-order valence-corrected chi connectivity index (χ0v) is 20.1. The quantitative estimate of drug-likeness (QED) is 0.269. The molecule has 0 aromatic heterocycles. The average Bonchev–Trinajstić information content (AvgIpc) is 2.86. The first-order chi connectivity index (χ1) is 16.4. The Morgan fingerprint density at radius 2 is 1.38 bits per heavy atom. The van der Waals surface area contributed by atoms with E-state index < -0.39 is 19.3 Å². The number of unbranched alkanes of at least 4 members (excludes halogenated alkanes) is 1. The molecular formula is C27H29O6P. The smallest absolute Gasteiger partial charge is 0.338 e. The highest BCUT2D eigenvalue weighted by Gasteiger charge is 2.24. The first-order valence-corrected chi connectivity index (χ1v) is 13.3. The highest BCUT2D eigenvalue weighted by atomic mass is 31.2. The van der Waals surface area contributed by atoms with Crippen molar-refractivity contribution in [1.82, 2.24) is 0 Å². The number of ether oxygens (including phenoxy) is 2. The summed E-state index contributed by atoms with van der Waals surface area (Å²) >= 11 is 0. The molecule has 0 saturated carbocycles. The molecule has 6 nitrogen and oxygen atoms in total. The van der Waals surface area contributed by atoms with Crippen LogP contribution in [0.4, 0.5) is 0 Å². The highest BCUT2D eigenvalue weighted by molar-refractivity contribution is 7.57. The van der Waals surface area contributed by atoms with E-state index >= 15 is 0 Å². The molecule has 0 radical (unpaired) electrons. The van der Waals surface area contributed by atoms with Gasteiger partial charge < -0.3 is 14.4 Å². The summed E-state index contributed by atoms with van der Waals surface area (Å²) in [5, 5.41) is 0. The third kappa shape index (κ3) is 7.68. The zero-order chi connectivity index (χ0) is 24.4. The third-order valence-corrected chi connectivity index (χ3v) is 7.12. The molecule has 0 fully saturated rings. The molecule has 3 rings (SSSR count). The van der Waals surface area contributed by atoms with Crippen LogP contribution >= 0.6 is 7.37 Å². The van der Waals surface area contributed by atoms with Gasteiger partial charge in [-0.05, 0) is 35.2 Å². The van der Waals surface area contributed by atoms with Crippen molar-refractivity contribution in [3.05, 3.63) is 107 Å². The van der Waals surface area contributed by atoms with Gasteiger partial charge in [-0.3, -0.25) is 4.57 Å². The summed E-state index contributed by atoms with van der Waals surface area (Å²) in [7, 11) is -3.49. The van der Waals surface area contributed by atoms with Gasteiger partial charge in [0.05, 0.1) is 17.3 Å². The summed E-state index contributed by atoms with van der Waals surface area (Å²) in [5.41, 5.74) is 2.29. The van der Waals surface area contributed by atoms with E-state index in [2.05, 4.69) is 0 Å². The van der Waals surface area contributed by atoms with E-state index in [0.29, 0.717) is 12.0 Å². The Labute approximate surface area is 200 Å². The minimum atomic E-state index is -3.49. The van der Waals surface area contributed by atoms with Gasteiger partial charge in [-0.25, -0.2) is 9.59 Å². The van der Waals surface area contributed by atoms with Crippen LogP contribution in [0.1, 0.15) is 57.2 Å². The largest absolute Gasteiger partial charge is 0.457 e. The number of carbonyl (C=O) groups is 2. The SMILES string of the molecule is CCCCP(=O)(O)Cc1ccc(C(=O)OCc2ccccc2)cc1C(=O)OCc1ccccc1. The van der Waals surface area contributed by atoms with Crippen LogP contribution in [0.25, 0.3) is 0 Å². The monoisotopic (exact) mass is 480 g/mol. The normalized spacial score (nSPS) is 12.5. The molecule has 3 aromatic carbocycles. The molecule has 34 heavy (non-hydrogen) atoms. The van der Waals surface area contributed by atoms with Crippen molar-refractivity contribution in [1.29, 1.82) is 0 Å². The molecule has 1 N–H and O–H groups in total. The predicted octanol–water partition coefficient (Wildman–Crippen LogP) is 5.97. The summed E-state index contributed by atoms with van der Waals surface area (Å²) in [5.74, 6) is -1.25. The Morgan fingerprint density at radius 1 is 0.824 bits per heavy atom. The highest BCUT2D eigenvalue weighted by Crippen LogP contribution is 2.46. The lowest BCUT2D eigenvalue weighted by molar-refractivity contribution is 0.0470. The van der Waals surface area contributed by atoms with Crippen LogP contribution < -0.4 is 0 Å². The third-order valence-electron chi connectivity index (χ3n) is 5.27. The van der Waals surface area contributed by atoms with Gasteiger partial charge in [-0.2, -0.15) is 0 Å². The number of benzene rings is 3. The molecule has 1 unspecified atom stereocenters. The average molecular weight is 480 g/mol. The van der Waals surface area contributed by atoms with Crippen molar-refractivity contribution < 1.29 is 28.5 Å². The van der Waals surface area contributed by atoms with Crippen molar-refractivity contribution in [2.45, 2.75) is 39.1 Å². The second kappa shape index (κ2) is 12.3. The van der Waals surface area contributed by atoms with Crippen molar-refractivity contribution in [3.63, 3.8) is 0 Å². The van der Waals surface area contributed by atoms with E-state index in [0.717, 1.165) is 17.5 Å². The van der Waals surface area contributed by atoms with Crippen molar-refractivity contribution in [2.75, 3.05) is 6.16 Å². The summed E-state index contributed by atoms with van der Waals surface area (Å²) in [6.45, 7) is 2.09. The van der Waals surface area contributed by atoms with Gasteiger partial charge >= 0.3 is 11.9 Å². The first-order valence-electron chi connectivity index (χ1n) is 11.2. The molecule has 0 aliphatic carbocycles. The molecule has 0 aliphatic rings. The fraction of sp³-hybridized carbons (Fsp3) is 0.259. The topological polar surface area (TPSA) is 89.9 Å². The van der Waals surface area contributed by atoms with Gasteiger partial charge in [0.2, 0.25) is 7.37 Å². The van der Waals surface area contributed by atoms with Gasteiger partial charge in [-0.15, -0.1) is 0 Å². The van der Waals surface area contributed by atoms with Crippen molar-refractivity contribution >= 4 is 19.3 Å². The van der Waals surface area contributed by atoms with Crippen LogP contribution in [0.5, 0.6) is 0 Å². The Kier molecular flexibility index (Phi) is 9.20. The molecule has 0 aliphatic heterocycles. The van der Waals surface area contributed by atoms with Crippen LogP contribution in [0, 0.1) is 0 Å². The lowest BCUT2D eigenvalue weighted by Gasteiger charge is -2.15. The van der Waals surface area contributed by atoms with Crippen LogP contribution in [0.15, 0.2) is 78.9 Å². The molecule has 178 valence electrons. The summed E-state index contributed by atoms with van der Waals surface area (Å²) in [4.78, 5) is 36.0. The molecule has 7 heteroatoms. The predicted molar refractivity (Wildman–Crippen MR) is 131 cm³/mol. The van der Waals surface area contributed by atoms with Gasteiger partial charge in [-0.1, -0.05) is 80.1 Å². The van der Waals surface area contributed by atoms with E-state index in [9.17, 15) is 19.0 Å². The first kappa shape index (κ1) is 25.4. The van der Waals surface area contributed by atoms with Crippen molar-refractivity contribution in [2.24, 2.45) is 0 Å². The van der Waals surface area contributed by atoms with Crippen LogP contribution in [0.2, 0.25) is 0 Å².